The van der Waals surface area contributed by atoms with Gasteiger partial charge in [0.05, 0.1) is 5.69 Å². The van der Waals surface area contributed by atoms with Crippen molar-refractivity contribution in [2.45, 2.75) is 24.6 Å². The molecule has 2 heterocycles. The van der Waals surface area contributed by atoms with Crippen LogP contribution in [-0.2, 0) is 18.2 Å². The van der Waals surface area contributed by atoms with Crippen molar-refractivity contribution in [1.29, 1.82) is 0 Å². The Kier molecular flexibility index (Phi) is 3.19. The summed E-state index contributed by atoms with van der Waals surface area (Å²) in [4.78, 5) is 4.58. The molecule has 3 aromatic rings. The number of benzene rings is 1. The molecule has 0 unspecified atom stereocenters. The van der Waals surface area contributed by atoms with Gasteiger partial charge in [0.1, 0.15) is 11.4 Å². The number of halogens is 1. The quantitative estimate of drug-likeness (QED) is 0.654. The predicted molar refractivity (Wildman–Crippen MR) is 86.4 cm³/mol. The van der Waals surface area contributed by atoms with Crippen LogP contribution in [0.5, 0.6) is 11.6 Å². The first-order chi connectivity index (χ1) is 10.3. The van der Waals surface area contributed by atoms with Crippen LogP contribution in [0.1, 0.15) is 23.2 Å². The molecule has 1 aliphatic rings. The number of ether oxygens (including phenoxy) is 1. The molecule has 0 bridgehead atoms. The normalized spacial score (nSPS) is 13.6. The van der Waals surface area contributed by atoms with Crippen molar-refractivity contribution >= 4 is 21.6 Å². The van der Waals surface area contributed by atoms with Crippen molar-refractivity contribution in [3.63, 3.8) is 0 Å². The highest BCUT2D eigenvalue weighted by Gasteiger charge is 2.15. The molecule has 0 aliphatic heterocycles. The van der Waals surface area contributed by atoms with E-state index in [9.17, 15) is 0 Å². The summed E-state index contributed by atoms with van der Waals surface area (Å²) >= 11 is 3.53. The van der Waals surface area contributed by atoms with Gasteiger partial charge in [0.2, 0.25) is 5.88 Å². The summed E-state index contributed by atoms with van der Waals surface area (Å²) in [5.74, 6) is 1.55. The number of alkyl halides is 1. The van der Waals surface area contributed by atoms with Crippen molar-refractivity contribution in [1.82, 2.24) is 9.38 Å². The Hall–Kier alpha value is -1.81. The number of imidazole rings is 1. The van der Waals surface area contributed by atoms with Crippen LogP contribution in [0, 0.1) is 0 Å². The number of aryl methyl sites for hydroxylation is 2. The third-order valence-electron chi connectivity index (χ3n) is 4.00. The zero-order chi connectivity index (χ0) is 14.2. The first-order valence-electron chi connectivity index (χ1n) is 7.17. The maximum absolute atomic E-state index is 6.05. The van der Waals surface area contributed by atoms with Crippen molar-refractivity contribution in [2.24, 2.45) is 0 Å². The molecule has 4 heteroatoms. The molecule has 0 N–H and O–H groups in total. The maximum atomic E-state index is 6.05. The fourth-order valence-electron chi connectivity index (χ4n) is 2.95. The molecule has 1 aliphatic carbocycles. The Balaban J connectivity index is 1.74. The number of fused-ring (bicyclic) bond motifs is 2. The van der Waals surface area contributed by atoms with Crippen LogP contribution in [0.4, 0.5) is 0 Å². The Morgan fingerprint density at radius 2 is 2.05 bits per heavy atom. The zero-order valence-electron chi connectivity index (χ0n) is 11.6. The summed E-state index contributed by atoms with van der Waals surface area (Å²) in [6, 6.07) is 12.4. The van der Waals surface area contributed by atoms with Gasteiger partial charge in [-0.1, -0.05) is 28.1 Å². The summed E-state index contributed by atoms with van der Waals surface area (Å²) in [5, 5.41) is 0.707. The van der Waals surface area contributed by atoms with E-state index in [1.807, 2.05) is 30.5 Å². The minimum atomic E-state index is 0.677. The monoisotopic (exact) mass is 342 g/mol. The molecule has 21 heavy (non-hydrogen) atoms. The first-order valence-corrected chi connectivity index (χ1v) is 8.29. The molecular weight excluding hydrogens is 328 g/mol. The molecule has 0 atom stereocenters. The number of rotatable bonds is 3. The lowest BCUT2D eigenvalue weighted by Gasteiger charge is -2.06. The summed E-state index contributed by atoms with van der Waals surface area (Å²) in [5.41, 5.74) is 4.81. The van der Waals surface area contributed by atoms with Crippen LogP contribution in [-0.4, -0.2) is 9.38 Å². The fraction of sp³-hybridized carbons (Fsp3) is 0.235. The number of pyridine rings is 1. The molecule has 106 valence electrons. The molecule has 0 saturated carbocycles. The van der Waals surface area contributed by atoms with Crippen LogP contribution < -0.4 is 4.74 Å². The minimum absolute atomic E-state index is 0.677. The topological polar surface area (TPSA) is 26.5 Å². The van der Waals surface area contributed by atoms with Gasteiger partial charge in [-0.15, -0.1) is 0 Å². The SMILES string of the molecule is BrCc1c(Oc2ccc3c(c2)CCC3)nc2ccccn12. The van der Waals surface area contributed by atoms with Gasteiger partial charge >= 0.3 is 0 Å². The molecule has 1 aromatic carbocycles. The Morgan fingerprint density at radius 3 is 2.95 bits per heavy atom. The van der Waals surface area contributed by atoms with Gasteiger partial charge in [-0.2, -0.15) is 4.98 Å². The second-order valence-corrected chi connectivity index (χ2v) is 5.87. The molecule has 0 spiro atoms. The van der Waals surface area contributed by atoms with Crippen LogP contribution >= 0.6 is 15.9 Å². The van der Waals surface area contributed by atoms with E-state index in [0.29, 0.717) is 11.2 Å². The first kappa shape index (κ1) is 12.9. The van der Waals surface area contributed by atoms with E-state index in [-0.39, 0.29) is 0 Å². The van der Waals surface area contributed by atoms with E-state index in [4.69, 9.17) is 4.74 Å². The Labute approximate surface area is 131 Å². The summed E-state index contributed by atoms with van der Waals surface area (Å²) in [6.07, 6.45) is 5.61. The standard InChI is InChI=1S/C17H15BrN2O/c18-11-15-17(19-16-6-1-2-9-20(15)16)21-14-8-7-12-4-3-5-13(12)10-14/h1-2,6-10H,3-5,11H2. The predicted octanol–water partition coefficient (Wildman–Crippen LogP) is 4.51. The summed E-state index contributed by atoms with van der Waals surface area (Å²) in [6.45, 7) is 0. The maximum Gasteiger partial charge on any atom is 0.242 e. The molecule has 4 rings (SSSR count). The highest BCUT2D eigenvalue weighted by atomic mass is 79.9. The van der Waals surface area contributed by atoms with E-state index in [2.05, 4.69) is 37.4 Å². The van der Waals surface area contributed by atoms with E-state index in [0.717, 1.165) is 23.5 Å². The van der Waals surface area contributed by atoms with Crippen LogP contribution in [0.2, 0.25) is 0 Å². The van der Waals surface area contributed by atoms with E-state index < -0.39 is 0 Å². The van der Waals surface area contributed by atoms with Crippen molar-refractivity contribution in [3.8, 4) is 11.6 Å². The second-order valence-electron chi connectivity index (χ2n) is 5.31. The number of hydrogen-bond acceptors (Lipinski definition) is 2. The largest absolute Gasteiger partial charge is 0.437 e. The third kappa shape index (κ3) is 2.23. The smallest absolute Gasteiger partial charge is 0.242 e. The van der Waals surface area contributed by atoms with Crippen molar-refractivity contribution in [2.75, 3.05) is 0 Å². The fourth-order valence-corrected chi connectivity index (χ4v) is 3.46. The molecule has 2 aromatic heterocycles. The molecule has 3 nitrogen and oxygen atoms in total. The highest BCUT2D eigenvalue weighted by Crippen LogP contribution is 2.31. The molecule has 0 amide bonds. The van der Waals surface area contributed by atoms with Gasteiger partial charge in [-0.05, 0) is 54.7 Å². The van der Waals surface area contributed by atoms with Gasteiger partial charge < -0.3 is 4.74 Å². The van der Waals surface area contributed by atoms with E-state index in [1.165, 1.54) is 24.0 Å². The van der Waals surface area contributed by atoms with Crippen LogP contribution in [0.3, 0.4) is 0 Å². The molecule has 0 radical (unpaired) electrons. The molecular formula is C17H15BrN2O. The Bertz CT molecular complexity index is 810. The number of hydrogen-bond donors (Lipinski definition) is 0. The van der Waals surface area contributed by atoms with E-state index in [1.54, 1.807) is 0 Å². The molecule has 0 fully saturated rings. The average molecular weight is 343 g/mol. The van der Waals surface area contributed by atoms with Gasteiger partial charge in [-0.25, -0.2) is 0 Å². The zero-order valence-corrected chi connectivity index (χ0v) is 13.1. The van der Waals surface area contributed by atoms with Crippen LogP contribution in [0.15, 0.2) is 42.6 Å². The van der Waals surface area contributed by atoms with Gasteiger partial charge in [-0.3, -0.25) is 4.40 Å². The lowest BCUT2D eigenvalue weighted by molar-refractivity contribution is 0.461. The van der Waals surface area contributed by atoms with Gasteiger partial charge in [0.15, 0.2) is 0 Å². The highest BCUT2D eigenvalue weighted by molar-refractivity contribution is 9.08. The van der Waals surface area contributed by atoms with Crippen molar-refractivity contribution < 1.29 is 4.74 Å². The lowest BCUT2D eigenvalue weighted by atomic mass is 10.1. The summed E-state index contributed by atoms with van der Waals surface area (Å²) < 4.78 is 8.10. The van der Waals surface area contributed by atoms with Crippen LogP contribution in [0.25, 0.3) is 5.65 Å². The van der Waals surface area contributed by atoms with Crippen molar-refractivity contribution in [3.05, 3.63) is 59.4 Å². The average Bonchev–Trinajstić information content (AvgIpc) is 3.10. The number of nitrogens with zero attached hydrogens (tertiary/aromatic N) is 2. The van der Waals surface area contributed by atoms with Gasteiger partial charge in [0.25, 0.3) is 0 Å². The number of aromatic nitrogens is 2. The van der Waals surface area contributed by atoms with Gasteiger partial charge in [0, 0.05) is 11.5 Å². The Morgan fingerprint density at radius 1 is 1.14 bits per heavy atom. The molecule has 0 saturated heterocycles. The lowest BCUT2D eigenvalue weighted by Crippen LogP contribution is -1.92. The second kappa shape index (κ2) is 5.19. The third-order valence-corrected chi connectivity index (χ3v) is 4.53. The minimum Gasteiger partial charge on any atom is -0.437 e. The summed E-state index contributed by atoms with van der Waals surface area (Å²) in [7, 11) is 0. The van der Waals surface area contributed by atoms with E-state index >= 15 is 0 Å².